The van der Waals surface area contributed by atoms with Crippen LogP contribution in [-0.2, 0) is 11.4 Å². The summed E-state index contributed by atoms with van der Waals surface area (Å²) in [5, 5.41) is 6.06. The minimum atomic E-state index is -0.0337. The predicted octanol–water partition coefficient (Wildman–Crippen LogP) is 3.96. The molecule has 126 valence electrons. The SMILES string of the molecule is Cc1nc(COc2ccc(/C=C/C(=O)NC(C)C3CC3)cc2)cs1. The number of benzene rings is 1. The van der Waals surface area contributed by atoms with Gasteiger partial charge in [-0.25, -0.2) is 4.98 Å². The standard InChI is InChI=1S/C19H22N2O2S/c1-13(16-6-7-16)20-19(22)10-5-15-3-8-18(9-4-15)23-11-17-12-24-14(2)21-17/h3-5,8-10,12-13,16H,6-7,11H2,1-2H3,(H,20,22)/b10-5+. The number of hydrogen-bond donors (Lipinski definition) is 1. The van der Waals surface area contributed by atoms with E-state index in [9.17, 15) is 4.79 Å². The van der Waals surface area contributed by atoms with Gasteiger partial charge in [-0.3, -0.25) is 4.79 Å². The average Bonchev–Trinajstić information content (AvgIpc) is 3.35. The number of aryl methyl sites for hydroxylation is 1. The van der Waals surface area contributed by atoms with E-state index in [4.69, 9.17) is 4.74 Å². The van der Waals surface area contributed by atoms with Crippen molar-refractivity contribution in [2.45, 2.75) is 39.3 Å². The van der Waals surface area contributed by atoms with Crippen LogP contribution in [0.1, 0.15) is 36.0 Å². The van der Waals surface area contributed by atoms with Crippen molar-refractivity contribution >= 4 is 23.3 Å². The van der Waals surface area contributed by atoms with Gasteiger partial charge in [0.25, 0.3) is 0 Å². The molecular weight excluding hydrogens is 320 g/mol. The Kier molecular flexibility index (Phi) is 5.30. The van der Waals surface area contributed by atoms with Crippen molar-refractivity contribution in [3.8, 4) is 5.75 Å². The number of nitrogens with zero attached hydrogens (tertiary/aromatic N) is 1. The first-order valence-electron chi connectivity index (χ1n) is 8.22. The molecule has 24 heavy (non-hydrogen) atoms. The molecule has 1 N–H and O–H groups in total. The molecule has 1 amide bonds. The monoisotopic (exact) mass is 342 g/mol. The molecule has 0 bridgehead atoms. The second kappa shape index (κ2) is 7.62. The molecule has 1 aromatic heterocycles. The lowest BCUT2D eigenvalue weighted by Gasteiger charge is -2.10. The lowest BCUT2D eigenvalue weighted by atomic mass is 10.2. The zero-order chi connectivity index (χ0) is 16.9. The van der Waals surface area contributed by atoms with E-state index in [1.54, 1.807) is 17.4 Å². The molecule has 0 radical (unpaired) electrons. The van der Waals surface area contributed by atoms with E-state index in [1.807, 2.05) is 42.6 Å². The predicted molar refractivity (Wildman–Crippen MR) is 97.0 cm³/mol. The van der Waals surface area contributed by atoms with Crippen molar-refractivity contribution in [3.63, 3.8) is 0 Å². The van der Waals surface area contributed by atoms with E-state index in [2.05, 4.69) is 17.2 Å². The molecule has 1 unspecified atom stereocenters. The molecule has 3 rings (SSSR count). The van der Waals surface area contributed by atoms with Gasteiger partial charge in [0, 0.05) is 17.5 Å². The van der Waals surface area contributed by atoms with Gasteiger partial charge < -0.3 is 10.1 Å². The van der Waals surface area contributed by atoms with Crippen LogP contribution in [0.15, 0.2) is 35.7 Å². The van der Waals surface area contributed by atoms with Crippen LogP contribution in [0, 0.1) is 12.8 Å². The highest BCUT2D eigenvalue weighted by atomic mass is 32.1. The van der Waals surface area contributed by atoms with Crippen LogP contribution in [0.3, 0.4) is 0 Å². The highest BCUT2D eigenvalue weighted by molar-refractivity contribution is 7.09. The number of nitrogens with one attached hydrogen (secondary N) is 1. The molecule has 1 heterocycles. The van der Waals surface area contributed by atoms with Gasteiger partial charge in [-0.15, -0.1) is 11.3 Å². The van der Waals surface area contributed by atoms with Gasteiger partial charge in [0.15, 0.2) is 0 Å². The zero-order valence-corrected chi connectivity index (χ0v) is 14.8. The van der Waals surface area contributed by atoms with Crippen LogP contribution in [-0.4, -0.2) is 16.9 Å². The smallest absolute Gasteiger partial charge is 0.244 e. The summed E-state index contributed by atoms with van der Waals surface area (Å²) in [4.78, 5) is 16.2. The number of amides is 1. The number of carbonyl (C=O) groups is 1. The topological polar surface area (TPSA) is 51.2 Å². The number of aromatic nitrogens is 1. The highest BCUT2D eigenvalue weighted by Gasteiger charge is 2.28. The molecule has 0 saturated heterocycles. The summed E-state index contributed by atoms with van der Waals surface area (Å²) in [6, 6.07) is 7.96. The van der Waals surface area contributed by atoms with Crippen molar-refractivity contribution in [2.75, 3.05) is 0 Å². The van der Waals surface area contributed by atoms with E-state index in [0.29, 0.717) is 12.5 Å². The lowest BCUT2D eigenvalue weighted by Crippen LogP contribution is -2.32. The van der Waals surface area contributed by atoms with E-state index in [-0.39, 0.29) is 11.9 Å². The highest BCUT2D eigenvalue weighted by Crippen LogP contribution is 2.32. The van der Waals surface area contributed by atoms with E-state index in [0.717, 1.165) is 22.0 Å². The van der Waals surface area contributed by atoms with Crippen LogP contribution >= 0.6 is 11.3 Å². The number of thiazole rings is 1. The molecule has 5 heteroatoms. The summed E-state index contributed by atoms with van der Waals surface area (Å²) in [5.41, 5.74) is 1.92. The quantitative estimate of drug-likeness (QED) is 0.775. The minimum absolute atomic E-state index is 0.0337. The summed E-state index contributed by atoms with van der Waals surface area (Å²) < 4.78 is 5.71. The Morgan fingerprint density at radius 3 is 2.79 bits per heavy atom. The number of hydrogen-bond acceptors (Lipinski definition) is 4. The fraction of sp³-hybridized carbons (Fsp3) is 0.368. The Balaban J connectivity index is 1.48. The third-order valence-electron chi connectivity index (χ3n) is 4.06. The fourth-order valence-electron chi connectivity index (χ4n) is 2.47. The Morgan fingerprint density at radius 2 is 2.17 bits per heavy atom. The summed E-state index contributed by atoms with van der Waals surface area (Å²) in [5.74, 6) is 1.43. The Morgan fingerprint density at radius 1 is 1.42 bits per heavy atom. The summed E-state index contributed by atoms with van der Waals surface area (Å²) in [7, 11) is 0. The molecule has 0 aliphatic heterocycles. The number of rotatable bonds is 7. The van der Waals surface area contributed by atoms with Crippen molar-refractivity contribution in [3.05, 3.63) is 52.0 Å². The van der Waals surface area contributed by atoms with Crippen LogP contribution in [0.5, 0.6) is 5.75 Å². The van der Waals surface area contributed by atoms with Gasteiger partial charge in [0.1, 0.15) is 12.4 Å². The van der Waals surface area contributed by atoms with Crippen molar-refractivity contribution in [1.82, 2.24) is 10.3 Å². The molecule has 1 aromatic carbocycles. The largest absolute Gasteiger partial charge is 0.487 e. The van der Waals surface area contributed by atoms with Gasteiger partial charge in [0.2, 0.25) is 5.91 Å². The maximum Gasteiger partial charge on any atom is 0.244 e. The number of carbonyl (C=O) groups excluding carboxylic acids is 1. The van der Waals surface area contributed by atoms with Crippen LogP contribution in [0.2, 0.25) is 0 Å². The first-order chi connectivity index (χ1) is 11.6. The van der Waals surface area contributed by atoms with Crippen molar-refractivity contribution in [2.24, 2.45) is 5.92 Å². The second-order valence-electron chi connectivity index (χ2n) is 6.18. The Hall–Kier alpha value is -2.14. The molecular formula is C19H22N2O2S. The summed E-state index contributed by atoms with van der Waals surface area (Å²) in [6.45, 7) is 4.53. The summed E-state index contributed by atoms with van der Waals surface area (Å²) >= 11 is 1.62. The normalized spacial score (nSPS) is 15.4. The fourth-order valence-corrected chi connectivity index (χ4v) is 3.06. The maximum atomic E-state index is 11.9. The van der Waals surface area contributed by atoms with Crippen molar-refractivity contribution < 1.29 is 9.53 Å². The molecule has 1 aliphatic rings. The molecule has 1 atom stereocenters. The van der Waals surface area contributed by atoms with Crippen LogP contribution in [0.4, 0.5) is 0 Å². The van der Waals surface area contributed by atoms with Gasteiger partial charge in [-0.05, 0) is 56.4 Å². The van der Waals surface area contributed by atoms with Gasteiger partial charge in [-0.2, -0.15) is 0 Å². The number of ether oxygens (including phenoxy) is 1. The minimum Gasteiger partial charge on any atom is -0.487 e. The van der Waals surface area contributed by atoms with E-state index >= 15 is 0 Å². The summed E-state index contributed by atoms with van der Waals surface area (Å²) in [6.07, 6.45) is 5.87. The second-order valence-corrected chi connectivity index (χ2v) is 7.25. The molecule has 4 nitrogen and oxygen atoms in total. The van der Waals surface area contributed by atoms with Gasteiger partial charge in [-0.1, -0.05) is 12.1 Å². The Bertz CT molecular complexity index is 717. The molecule has 1 aliphatic carbocycles. The maximum absolute atomic E-state index is 11.9. The zero-order valence-electron chi connectivity index (χ0n) is 14.0. The van der Waals surface area contributed by atoms with Crippen molar-refractivity contribution in [1.29, 1.82) is 0 Å². The first kappa shape index (κ1) is 16.7. The molecule has 2 aromatic rings. The van der Waals surface area contributed by atoms with E-state index < -0.39 is 0 Å². The van der Waals surface area contributed by atoms with E-state index in [1.165, 1.54) is 12.8 Å². The third-order valence-corrected chi connectivity index (χ3v) is 4.88. The van der Waals surface area contributed by atoms with Crippen LogP contribution in [0.25, 0.3) is 6.08 Å². The molecule has 0 spiro atoms. The first-order valence-corrected chi connectivity index (χ1v) is 9.10. The van der Waals surface area contributed by atoms with Gasteiger partial charge in [0.05, 0.1) is 10.7 Å². The van der Waals surface area contributed by atoms with Gasteiger partial charge >= 0.3 is 0 Å². The Labute approximate surface area is 146 Å². The lowest BCUT2D eigenvalue weighted by molar-refractivity contribution is -0.117. The average molecular weight is 342 g/mol. The third kappa shape index (κ3) is 4.93. The van der Waals surface area contributed by atoms with Crippen LogP contribution < -0.4 is 10.1 Å². The molecule has 1 saturated carbocycles. The molecule has 1 fully saturated rings.